The lowest BCUT2D eigenvalue weighted by atomic mass is 10.0. The van der Waals surface area contributed by atoms with Crippen LogP contribution in [0.2, 0.25) is 5.02 Å². The first-order valence-electron chi connectivity index (χ1n) is 10.2. The number of anilines is 1. The zero-order chi connectivity index (χ0) is 21.8. The van der Waals surface area contributed by atoms with E-state index < -0.39 is 0 Å². The summed E-state index contributed by atoms with van der Waals surface area (Å²) in [5, 5.41) is 14.5. The van der Waals surface area contributed by atoms with Crippen LogP contribution in [0.25, 0.3) is 10.9 Å². The second-order valence-corrected chi connectivity index (χ2v) is 7.86. The quantitative estimate of drug-likeness (QED) is 0.481. The van der Waals surface area contributed by atoms with E-state index >= 15 is 0 Å². The highest BCUT2D eigenvalue weighted by atomic mass is 35.5. The maximum Gasteiger partial charge on any atom is 0.137 e. The lowest BCUT2D eigenvalue weighted by Gasteiger charge is -2.17. The summed E-state index contributed by atoms with van der Waals surface area (Å²) in [5.41, 5.74) is 5.42. The van der Waals surface area contributed by atoms with Gasteiger partial charge in [-0.3, -0.25) is 4.98 Å². The van der Waals surface area contributed by atoms with E-state index in [0.717, 1.165) is 46.3 Å². The minimum Gasteiger partial charge on any atom is -0.495 e. The van der Waals surface area contributed by atoms with Crippen LogP contribution in [0.3, 0.4) is 0 Å². The van der Waals surface area contributed by atoms with Gasteiger partial charge in [-0.2, -0.15) is 5.26 Å². The van der Waals surface area contributed by atoms with Crippen LogP contribution in [-0.2, 0) is 29.0 Å². The third-order valence-corrected chi connectivity index (χ3v) is 5.58. The summed E-state index contributed by atoms with van der Waals surface area (Å²) in [6, 6.07) is 11.8. The molecule has 0 saturated carbocycles. The molecular formula is C24H24ClN3O3. The van der Waals surface area contributed by atoms with Crippen LogP contribution in [0.1, 0.15) is 29.2 Å². The Hall–Kier alpha value is -2.85. The topological polar surface area (TPSA) is 79.7 Å². The maximum atomic E-state index is 9.52. The van der Waals surface area contributed by atoms with Crippen LogP contribution < -0.4 is 10.1 Å². The molecule has 0 bridgehead atoms. The number of nitrogens with one attached hydrogen (secondary N) is 1. The third kappa shape index (κ3) is 4.91. The van der Waals surface area contributed by atoms with Crippen molar-refractivity contribution in [2.45, 2.75) is 32.6 Å². The van der Waals surface area contributed by atoms with Crippen molar-refractivity contribution in [3.05, 3.63) is 63.8 Å². The Balaban J connectivity index is 1.69. The first-order chi connectivity index (χ1) is 15.1. The van der Waals surface area contributed by atoms with E-state index in [1.807, 2.05) is 36.5 Å². The van der Waals surface area contributed by atoms with Gasteiger partial charge in [0, 0.05) is 23.7 Å². The Morgan fingerprint density at radius 2 is 2.13 bits per heavy atom. The first kappa shape index (κ1) is 21.4. The van der Waals surface area contributed by atoms with Crippen molar-refractivity contribution < 1.29 is 14.2 Å². The van der Waals surface area contributed by atoms with E-state index in [4.69, 9.17) is 30.8 Å². The third-order valence-electron chi connectivity index (χ3n) is 5.29. The molecule has 3 aromatic rings. The summed E-state index contributed by atoms with van der Waals surface area (Å²) in [7, 11) is 1.60. The number of benzene rings is 2. The van der Waals surface area contributed by atoms with Gasteiger partial charge in [-0.05, 0) is 41.8 Å². The fourth-order valence-corrected chi connectivity index (χ4v) is 3.83. The van der Waals surface area contributed by atoms with Crippen LogP contribution in [0.4, 0.5) is 5.69 Å². The van der Waals surface area contributed by atoms with Crippen LogP contribution in [0, 0.1) is 11.3 Å². The molecule has 1 saturated heterocycles. The number of hydrogen-bond donors (Lipinski definition) is 1. The van der Waals surface area contributed by atoms with Crippen LogP contribution in [0.5, 0.6) is 5.75 Å². The number of epoxide rings is 1. The molecule has 0 amide bonds. The maximum absolute atomic E-state index is 9.52. The van der Waals surface area contributed by atoms with Gasteiger partial charge in [0.2, 0.25) is 0 Å². The summed E-state index contributed by atoms with van der Waals surface area (Å²) < 4.78 is 16.3. The Labute approximate surface area is 186 Å². The number of nitrogens with zero attached hydrogens (tertiary/aromatic N) is 2. The van der Waals surface area contributed by atoms with Gasteiger partial charge in [0.05, 0.1) is 54.8 Å². The van der Waals surface area contributed by atoms with Crippen LogP contribution >= 0.6 is 11.6 Å². The second kappa shape index (κ2) is 9.52. The van der Waals surface area contributed by atoms with E-state index in [1.165, 1.54) is 0 Å². The number of aromatic nitrogens is 1. The molecule has 2 aromatic carbocycles. The Kier molecular flexibility index (Phi) is 6.57. The number of rotatable bonds is 9. The molecule has 1 aromatic heterocycles. The van der Waals surface area contributed by atoms with E-state index in [9.17, 15) is 5.26 Å². The second-order valence-electron chi connectivity index (χ2n) is 7.45. The highest BCUT2D eigenvalue weighted by Gasteiger charge is 2.22. The molecule has 4 rings (SSSR count). The average molecular weight is 438 g/mol. The van der Waals surface area contributed by atoms with Gasteiger partial charge in [0.25, 0.3) is 0 Å². The van der Waals surface area contributed by atoms with Gasteiger partial charge in [-0.15, -0.1) is 0 Å². The molecule has 2 heterocycles. The van der Waals surface area contributed by atoms with Gasteiger partial charge in [-0.25, -0.2) is 0 Å². The minimum absolute atomic E-state index is 0.197. The molecule has 1 atom stereocenters. The van der Waals surface area contributed by atoms with Gasteiger partial charge in [-0.1, -0.05) is 24.6 Å². The largest absolute Gasteiger partial charge is 0.495 e. The molecule has 160 valence electrons. The van der Waals surface area contributed by atoms with Crippen molar-refractivity contribution >= 4 is 28.2 Å². The molecular weight excluding hydrogens is 414 g/mol. The number of pyridine rings is 1. The molecule has 1 unspecified atom stereocenters. The van der Waals surface area contributed by atoms with E-state index in [1.54, 1.807) is 7.11 Å². The molecule has 0 aliphatic carbocycles. The van der Waals surface area contributed by atoms with Gasteiger partial charge in [0.1, 0.15) is 11.9 Å². The van der Waals surface area contributed by atoms with Crippen molar-refractivity contribution in [3.63, 3.8) is 0 Å². The summed E-state index contributed by atoms with van der Waals surface area (Å²) in [4.78, 5) is 4.69. The van der Waals surface area contributed by atoms with Crippen molar-refractivity contribution in [3.8, 4) is 11.8 Å². The molecule has 1 aliphatic rings. The van der Waals surface area contributed by atoms with Crippen LogP contribution in [-0.4, -0.2) is 31.4 Å². The smallest absolute Gasteiger partial charge is 0.137 e. The lowest BCUT2D eigenvalue weighted by molar-refractivity contribution is 0.104. The molecule has 0 radical (unpaired) electrons. The number of ether oxygens (including phenoxy) is 3. The molecule has 1 aliphatic heterocycles. The number of halogens is 1. The van der Waals surface area contributed by atoms with E-state index in [0.29, 0.717) is 36.1 Å². The van der Waals surface area contributed by atoms with E-state index in [-0.39, 0.29) is 6.10 Å². The van der Waals surface area contributed by atoms with Crippen LogP contribution in [0.15, 0.2) is 36.5 Å². The van der Waals surface area contributed by atoms with Gasteiger partial charge < -0.3 is 19.5 Å². The molecule has 1 fully saturated rings. The van der Waals surface area contributed by atoms with Crippen molar-refractivity contribution in [2.75, 3.05) is 25.6 Å². The summed E-state index contributed by atoms with van der Waals surface area (Å²) in [5.74, 6) is 0.641. The molecule has 1 N–H and O–H groups in total. The highest BCUT2D eigenvalue weighted by Crippen LogP contribution is 2.32. The fourth-order valence-electron chi connectivity index (χ4n) is 3.54. The Bertz CT molecular complexity index is 1140. The summed E-state index contributed by atoms with van der Waals surface area (Å²) in [6.45, 7) is 4.35. The van der Waals surface area contributed by atoms with E-state index in [2.05, 4.69) is 18.3 Å². The monoisotopic (exact) mass is 437 g/mol. The zero-order valence-corrected chi connectivity index (χ0v) is 18.3. The minimum atomic E-state index is 0.197. The summed E-state index contributed by atoms with van der Waals surface area (Å²) in [6.07, 6.45) is 2.84. The average Bonchev–Trinajstić information content (AvgIpc) is 3.61. The number of nitriles is 1. The number of methoxy groups -OCH3 is 1. The Morgan fingerprint density at radius 3 is 2.81 bits per heavy atom. The zero-order valence-electron chi connectivity index (χ0n) is 17.6. The van der Waals surface area contributed by atoms with Crippen molar-refractivity contribution in [2.24, 2.45) is 0 Å². The Morgan fingerprint density at radius 1 is 1.29 bits per heavy atom. The SMILES string of the molecule is CCc1cc(C#N)cc2c(NCc3ccc(OC)c(Cl)c3)c(COCC3CO3)cnc12. The van der Waals surface area contributed by atoms with Gasteiger partial charge in [0.15, 0.2) is 0 Å². The number of fused-ring (bicyclic) bond motifs is 1. The molecule has 6 nitrogen and oxygen atoms in total. The normalized spacial score (nSPS) is 15.0. The van der Waals surface area contributed by atoms with Gasteiger partial charge >= 0.3 is 0 Å². The predicted octanol–water partition coefficient (Wildman–Crippen LogP) is 4.86. The molecule has 0 spiro atoms. The standard InChI is InChI=1S/C24H24ClN3O3/c1-3-17-6-16(9-26)7-20-23(17)28-11-18(12-30-13-19-14-31-19)24(20)27-10-15-4-5-22(29-2)21(25)8-15/h4-8,11,19H,3,10,12-14H2,1-2H3,(H,27,28). The lowest BCUT2D eigenvalue weighted by Crippen LogP contribution is -2.08. The first-order valence-corrected chi connectivity index (χ1v) is 10.6. The van der Waals surface area contributed by atoms with Crippen molar-refractivity contribution in [1.82, 2.24) is 4.98 Å². The summed E-state index contributed by atoms with van der Waals surface area (Å²) >= 11 is 6.29. The molecule has 7 heteroatoms. The highest BCUT2D eigenvalue weighted by molar-refractivity contribution is 6.32. The fraction of sp³-hybridized carbons (Fsp3) is 0.333. The van der Waals surface area contributed by atoms with Crippen molar-refractivity contribution in [1.29, 1.82) is 5.26 Å². The predicted molar refractivity (Wildman–Crippen MR) is 121 cm³/mol. The molecule has 31 heavy (non-hydrogen) atoms. The number of aryl methyl sites for hydroxylation is 1. The number of hydrogen-bond acceptors (Lipinski definition) is 6.